The molecule has 31 heavy (non-hydrogen) atoms. The molecule has 5 rings (SSSR count). The Bertz CT molecular complexity index is 1060. The van der Waals surface area contributed by atoms with E-state index in [9.17, 15) is 9.18 Å². The van der Waals surface area contributed by atoms with Gasteiger partial charge in [0.1, 0.15) is 23.7 Å². The molecule has 3 N–H and O–H groups in total. The van der Waals surface area contributed by atoms with Gasteiger partial charge in [0, 0.05) is 29.2 Å². The van der Waals surface area contributed by atoms with E-state index in [4.69, 9.17) is 4.98 Å². The fourth-order valence-electron chi connectivity index (χ4n) is 3.87. The van der Waals surface area contributed by atoms with Gasteiger partial charge in [-0.1, -0.05) is 6.07 Å². The number of halogens is 1. The third-order valence-electron chi connectivity index (χ3n) is 5.70. The smallest absolute Gasteiger partial charge is 0.251 e. The second-order valence-electron chi connectivity index (χ2n) is 7.93. The highest BCUT2D eigenvalue weighted by Crippen LogP contribution is 2.38. The molecule has 1 aliphatic heterocycles. The Morgan fingerprint density at radius 2 is 2.19 bits per heavy atom. The Morgan fingerprint density at radius 1 is 1.29 bits per heavy atom. The van der Waals surface area contributed by atoms with Gasteiger partial charge < -0.3 is 10.6 Å². The van der Waals surface area contributed by atoms with Crippen LogP contribution in [0.25, 0.3) is 11.5 Å². The largest absolute Gasteiger partial charge is 0.372 e. The van der Waals surface area contributed by atoms with E-state index >= 15 is 0 Å². The van der Waals surface area contributed by atoms with Gasteiger partial charge in [-0.2, -0.15) is 16.9 Å². The van der Waals surface area contributed by atoms with Crippen LogP contribution in [-0.4, -0.2) is 54.8 Å². The summed E-state index contributed by atoms with van der Waals surface area (Å²) in [6.07, 6.45) is 3.98. The summed E-state index contributed by atoms with van der Waals surface area (Å²) in [6, 6.07) is 9.07. The molecule has 2 aromatic heterocycles. The van der Waals surface area contributed by atoms with Crippen molar-refractivity contribution >= 4 is 23.4 Å². The normalized spacial score (nSPS) is 25.1. The Balaban J connectivity index is 1.36. The number of rotatable bonds is 6. The standard InChI is InChI=1S/C21H22FN7OS/c22-14-9-16(10-14)25-19(30)13-2-1-3-15(8-13)27-21(5-7-31-11-21)20-26-18(28-29-20)17-4-6-23-12-24-17/h1-4,6,8,12,14,16,27H,5,7,9-11H2,(H,25,30)(H,26,28,29). The second kappa shape index (κ2) is 8.26. The van der Waals surface area contributed by atoms with Gasteiger partial charge in [-0.3, -0.25) is 9.89 Å². The van der Waals surface area contributed by atoms with Crippen molar-refractivity contribution in [3.05, 3.63) is 54.2 Å². The molecule has 1 aliphatic carbocycles. The number of nitrogens with one attached hydrogen (secondary N) is 3. The highest BCUT2D eigenvalue weighted by molar-refractivity contribution is 7.99. The molecule has 0 bridgehead atoms. The predicted molar refractivity (Wildman–Crippen MR) is 116 cm³/mol. The number of thioether (sulfide) groups is 1. The van der Waals surface area contributed by atoms with E-state index in [1.807, 2.05) is 30.0 Å². The summed E-state index contributed by atoms with van der Waals surface area (Å²) in [7, 11) is 0. The minimum Gasteiger partial charge on any atom is -0.372 e. The van der Waals surface area contributed by atoms with Crippen LogP contribution in [0.2, 0.25) is 0 Å². The Hall–Kier alpha value is -3.01. The van der Waals surface area contributed by atoms with Gasteiger partial charge in [-0.15, -0.1) is 0 Å². The molecular weight excluding hydrogens is 417 g/mol. The number of aromatic amines is 1. The van der Waals surface area contributed by atoms with Crippen molar-refractivity contribution in [2.75, 3.05) is 16.8 Å². The number of H-pyrrole nitrogens is 1. The number of benzene rings is 1. The average molecular weight is 440 g/mol. The van der Waals surface area contributed by atoms with Crippen molar-refractivity contribution < 1.29 is 9.18 Å². The highest BCUT2D eigenvalue weighted by atomic mass is 32.2. The Morgan fingerprint density at radius 3 is 2.94 bits per heavy atom. The van der Waals surface area contributed by atoms with Gasteiger partial charge in [0.05, 0.1) is 0 Å². The molecular formula is C21H22FN7OS. The zero-order chi connectivity index (χ0) is 21.3. The predicted octanol–water partition coefficient (Wildman–Crippen LogP) is 2.94. The summed E-state index contributed by atoms with van der Waals surface area (Å²) in [5.41, 5.74) is 1.61. The zero-order valence-corrected chi connectivity index (χ0v) is 17.5. The summed E-state index contributed by atoms with van der Waals surface area (Å²) in [5, 5.41) is 13.9. The van der Waals surface area contributed by atoms with Gasteiger partial charge in [0.2, 0.25) is 0 Å². The number of carbonyl (C=O) groups excluding carboxylic acids is 1. The topological polar surface area (TPSA) is 108 Å². The van der Waals surface area contributed by atoms with Crippen LogP contribution in [0.5, 0.6) is 0 Å². The number of alkyl halides is 1. The van der Waals surface area contributed by atoms with Gasteiger partial charge in [0.25, 0.3) is 5.91 Å². The van der Waals surface area contributed by atoms with Crippen molar-refractivity contribution in [3.8, 4) is 11.5 Å². The zero-order valence-electron chi connectivity index (χ0n) is 16.7. The van der Waals surface area contributed by atoms with Crippen molar-refractivity contribution in [3.63, 3.8) is 0 Å². The van der Waals surface area contributed by atoms with Crippen molar-refractivity contribution in [2.45, 2.75) is 37.0 Å². The van der Waals surface area contributed by atoms with Gasteiger partial charge >= 0.3 is 0 Å². The minimum absolute atomic E-state index is 0.0777. The van der Waals surface area contributed by atoms with E-state index in [1.54, 1.807) is 18.3 Å². The first-order chi connectivity index (χ1) is 15.1. The third kappa shape index (κ3) is 4.12. The maximum absolute atomic E-state index is 13.0. The number of aromatic nitrogens is 5. The van der Waals surface area contributed by atoms with Crippen LogP contribution in [0.1, 0.15) is 35.4 Å². The number of anilines is 1. The van der Waals surface area contributed by atoms with E-state index < -0.39 is 11.7 Å². The van der Waals surface area contributed by atoms with E-state index in [-0.39, 0.29) is 11.9 Å². The molecule has 1 saturated carbocycles. The van der Waals surface area contributed by atoms with Crippen LogP contribution in [0, 0.1) is 0 Å². The van der Waals surface area contributed by atoms with Crippen LogP contribution in [0.3, 0.4) is 0 Å². The quantitative estimate of drug-likeness (QED) is 0.542. The lowest BCUT2D eigenvalue weighted by Crippen LogP contribution is -2.45. The van der Waals surface area contributed by atoms with Gasteiger partial charge in [0.15, 0.2) is 11.6 Å². The molecule has 2 fully saturated rings. The number of hydrogen-bond acceptors (Lipinski definition) is 7. The number of hydrogen-bond donors (Lipinski definition) is 3. The molecule has 0 spiro atoms. The highest BCUT2D eigenvalue weighted by Gasteiger charge is 2.40. The molecule has 10 heteroatoms. The molecule has 3 aromatic rings. The lowest BCUT2D eigenvalue weighted by molar-refractivity contribution is 0.0860. The number of carbonyl (C=O) groups is 1. The van der Waals surface area contributed by atoms with Crippen molar-refractivity contribution in [1.29, 1.82) is 0 Å². The molecule has 0 radical (unpaired) electrons. The molecule has 1 atom stereocenters. The summed E-state index contributed by atoms with van der Waals surface area (Å²) >= 11 is 1.84. The van der Waals surface area contributed by atoms with E-state index in [0.717, 1.165) is 29.4 Å². The fraction of sp³-hybridized carbons (Fsp3) is 0.381. The number of amides is 1. The molecule has 160 valence electrons. The molecule has 1 saturated heterocycles. The molecule has 3 heterocycles. The van der Waals surface area contributed by atoms with E-state index in [2.05, 4.69) is 30.8 Å². The summed E-state index contributed by atoms with van der Waals surface area (Å²) < 4.78 is 13.0. The lowest BCUT2D eigenvalue weighted by Gasteiger charge is -2.30. The SMILES string of the molecule is O=C(NC1CC(F)C1)c1cccc(NC2(c3nc(-c4ccncn4)n[nH]3)CCSC2)c1. The van der Waals surface area contributed by atoms with Crippen molar-refractivity contribution in [2.24, 2.45) is 0 Å². The monoisotopic (exact) mass is 439 g/mol. The van der Waals surface area contributed by atoms with Crippen molar-refractivity contribution in [1.82, 2.24) is 30.5 Å². The van der Waals surface area contributed by atoms with Crippen LogP contribution < -0.4 is 10.6 Å². The third-order valence-corrected chi connectivity index (χ3v) is 6.89. The summed E-state index contributed by atoms with van der Waals surface area (Å²) in [4.78, 5) is 25.4. The van der Waals surface area contributed by atoms with Crippen LogP contribution in [-0.2, 0) is 5.54 Å². The molecule has 1 aromatic carbocycles. The first-order valence-electron chi connectivity index (χ1n) is 10.2. The van der Waals surface area contributed by atoms with Gasteiger partial charge in [-0.25, -0.2) is 19.3 Å². The van der Waals surface area contributed by atoms with Gasteiger partial charge in [-0.05, 0) is 49.3 Å². The molecule has 1 amide bonds. The minimum atomic E-state index is -0.799. The van der Waals surface area contributed by atoms with E-state index in [0.29, 0.717) is 29.9 Å². The molecule has 2 aliphatic rings. The molecule has 1 unspecified atom stereocenters. The average Bonchev–Trinajstić information content (AvgIpc) is 3.44. The second-order valence-corrected chi connectivity index (χ2v) is 9.04. The van der Waals surface area contributed by atoms with Crippen LogP contribution in [0.15, 0.2) is 42.9 Å². The summed E-state index contributed by atoms with van der Waals surface area (Å²) in [5.74, 6) is 2.89. The first kappa shape index (κ1) is 19.9. The Kier molecular flexibility index (Phi) is 5.31. The van der Waals surface area contributed by atoms with Crippen LogP contribution >= 0.6 is 11.8 Å². The maximum Gasteiger partial charge on any atom is 0.251 e. The Labute approximate surface area is 182 Å². The lowest BCUT2D eigenvalue weighted by atomic mass is 9.90. The number of nitrogens with zero attached hydrogens (tertiary/aromatic N) is 4. The first-order valence-corrected chi connectivity index (χ1v) is 11.4. The summed E-state index contributed by atoms with van der Waals surface area (Å²) in [6.45, 7) is 0. The maximum atomic E-state index is 13.0. The molecule has 8 nitrogen and oxygen atoms in total. The van der Waals surface area contributed by atoms with E-state index in [1.165, 1.54) is 6.33 Å². The fourth-order valence-corrected chi connectivity index (χ4v) is 5.21. The van der Waals surface area contributed by atoms with Crippen LogP contribution in [0.4, 0.5) is 10.1 Å².